The molecule has 0 aliphatic carbocycles. The van der Waals surface area contributed by atoms with E-state index in [1.54, 1.807) is 0 Å². The first-order valence-electron chi connectivity index (χ1n) is 17.6. The molecule has 0 bridgehead atoms. The highest BCUT2D eigenvalue weighted by Crippen LogP contribution is 2.35. The van der Waals surface area contributed by atoms with E-state index in [2.05, 4.69) is 9.80 Å². The Kier molecular flexibility index (Phi) is 12.3. The second-order valence-corrected chi connectivity index (χ2v) is 12.4. The van der Waals surface area contributed by atoms with Crippen LogP contribution >= 0.6 is 0 Å². The average Bonchev–Trinajstić information content (AvgIpc) is 3.24. The van der Waals surface area contributed by atoms with Crippen molar-refractivity contribution < 1.29 is 19.1 Å². The minimum Gasteiger partial charge on any atom is -0.458 e. The zero-order valence-electron chi connectivity index (χ0n) is 30.0. The molecule has 0 saturated carbocycles. The predicted molar refractivity (Wildman–Crippen MR) is 216 cm³/mol. The van der Waals surface area contributed by atoms with Crippen molar-refractivity contribution in [3.05, 3.63) is 192 Å². The fourth-order valence-electron chi connectivity index (χ4n) is 5.80. The normalized spacial score (nSPS) is 11.7. The molecule has 268 valence electrons. The first-order chi connectivity index (χ1) is 26.9. The summed E-state index contributed by atoms with van der Waals surface area (Å²) in [7, 11) is 0. The van der Waals surface area contributed by atoms with Gasteiger partial charge >= 0.3 is 11.9 Å². The number of anilines is 6. The molecule has 0 aliphatic rings. The van der Waals surface area contributed by atoms with Crippen molar-refractivity contribution in [3.63, 3.8) is 0 Å². The SMILES string of the molecule is CC(COC(=O)C(C#N)=Cc1ccc(N(c2ccccc2)c2ccccc2)cc1)OC(=O)C(C#N)=Cc1ccc(N(c2ccccc2)c2ccccc2)cc1. The maximum absolute atomic E-state index is 12.9. The van der Waals surface area contributed by atoms with Gasteiger partial charge < -0.3 is 19.3 Å². The number of nitriles is 2. The highest BCUT2D eigenvalue weighted by molar-refractivity contribution is 5.99. The van der Waals surface area contributed by atoms with Gasteiger partial charge in [-0.05, 0) is 103 Å². The van der Waals surface area contributed by atoms with E-state index in [-0.39, 0.29) is 17.8 Å². The van der Waals surface area contributed by atoms with E-state index in [4.69, 9.17) is 9.47 Å². The van der Waals surface area contributed by atoms with Crippen LogP contribution in [0.3, 0.4) is 0 Å². The largest absolute Gasteiger partial charge is 0.458 e. The molecule has 0 aliphatic heterocycles. The molecule has 8 nitrogen and oxygen atoms in total. The molecule has 1 unspecified atom stereocenters. The lowest BCUT2D eigenvalue weighted by atomic mass is 10.1. The van der Waals surface area contributed by atoms with E-state index >= 15 is 0 Å². The Morgan fingerprint density at radius 3 is 1.15 bits per heavy atom. The van der Waals surface area contributed by atoms with Gasteiger partial charge in [0.05, 0.1) is 0 Å². The summed E-state index contributed by atoms with van der Waals surface area (Å²) < 4.78 is 10.7. The zero-order valence-corrected chi connectivity index (χ0v) is 30.0. The van der Waals surface area contributed by atoms with Crippen molar-refractivity contribution in [3.8, 4) is 12.1 Å². The number of hydrogen-bond donors (Lipinski definition) is 0. The second-order valence-electron chi connectivity index (χ2n) is 12.4. The van der Waals surface area contributed by atoms with Crippen LogP contribution in [0.5, 0.6) is 0 Å². The Bertz CT molecular complexity index is 2270. The Balaban J connectivity index is 1.07. The highest BCUT2D eigenvalue weighted by Gasteiger charge is 2.19. The van der Waals surface area contributed by atoms with Crippen molar-refractivity contribution in [1.82, 2.24) is 0 Å². The second kappa shape index (κ2) is 18.2. The molecule has 0 N–H and O–H groups in total. The summed E-state index contributed by atoms with van der Waals surface area (Å²) in [4.78, 5) is 30.0. The Morgan fingerprint density at radius 1 is 0.509 bits per heavy atom. The van der Waals surface area contributed by atoms with Crippen LogP contribution < -0.4 is 9.80 Å². The van der Waals surface area contributed by atoms with Crippen LogP contribution in [0.15, 0.2) is 181 Å². The van der Waals surface area contributed by atoms with Crippen molar-refractivity contribution in [2.24, 2.45) is 0 Å². The van der Waals surface area contributed by atoms with Crippen molar-refractivity contribution in [2.45, 2.75) is 13.0 Å². The molecular formula is C47H36N4O4. The summed E-state index contributed by atoms with van der Waals surface area (Å²) in [5, 5.41) is 19.5. The highest BCUT2D eigenvalue weighted by atomic mass is 16.6. The minimum atomic E-state index is -0.887. The third-order valence-electron chi connectivity index (χ3n) is 8.42. The summed E-state index contributed by atoms with van der Waals surface area (Å²) in [6.07, 6.45) is 2.00. The molecular weight excluding hydrogens is 685 g/mol. The minimum absolute atomic E-state index is 0.214. The van der Waals surface area contributed by atoms with Crippen LogP contribution in [0.4, 0.5) is 34.1 Å². The molecule has 0 fully saturated rings. The quantitative estimate of drug-likeness (QED) is 0.0659. The summed E-state index contributed by atoms with van der Waals surface area (Å²) in [6, 6.07) is 58.5. The number of benzene rings is 6. The molecule has 6 aromatic carbocycles. The van der Waals surface area contributed by atoms with Crippen LogP contribution in [-0.2, 0) is 19.1 Å². The van der Waals surface area contributed by atoms with Gasteiger partial charge in [0.1, 0.15) is 36.0 Å². The lowest BCUT2D eigenvalue weighted by Gasteiger charge is -2.25. The standard InChI is InChI=1S/C47H36N4O4/c1-35(55-47(53)39(33-49)31-37-24-28-45(29-25-37)51(42-18-10-4-11-19-42)43-20-12-5-13-21-43)34-54-46(52)38(32-48)30-36-22-26-44(27-23-36)50(40-14-6-2-7-15-40)41-16-8-3-9-17-41/h2-31,35H,34H2,1H3. The van der Waals surface area contributed by atoms with Gasteiger partial charge in [0, 0.05) is 34.1 Å². The van der Waals surface area contributed by atoms with E-state index in [0.29, 0.717) is 11.1 Å². The number of carbonyl (C=O) groups excluding carboxylic acids is 2. The van der Waals surface area contributed by atoms with Crippen LogP contribution in [0.2, 0.25) is 0 Å². The van der Waals surface area contributed by atoms with Crippen LogP contribution in [0.25, 0.3) is 12.2 Å². The van der Waals surface area contributed by atoms with Crippen LogP contribution in [-0.4, -0.2) is 24.6 Å². The Morgan fingerprint density at radius 2 is 0.818 bits per heavy atom. The first-order valence-corrected chi connectivity index (χ1v) is 17.6. The summed E-state index contributed by atoms with van der Waals surface area (Å²) in [5.74, 6) is -1.72. The third-order valence-corrected chi connectivity index (χ3v) is 8.42. The van der Waals surface area contributed by atoms with E-state index in [9.17, 15) is 20.1 Å². The number of rotatable bonds is 13. The van der Waals surface area contributed by atoms with Crippen molar-refractivity contribution >= 4 is 58.2 Å². The van der Waals surface area contributed by atoms with Gasteiger partial charge in [0.15, 0.2) is 0 Å². The lowest BCUT2D eigenvalue weighted by molar-refractivity contribution is -0.152. The maximum Gasteiger partial charge on any atom is 0.349 e. The fraction of sp³-hybridized carbons (Fsp3) is 0.0638. The van der Waals surface area contributed by atoms with Crippen molar-refractivity contribution in [1.29, 1.82) is 10.5 Å². The van der Waals surface area contributed by atoms with Crippen LogP contribution in [0, 0.1) is 22.7 Å². The van der Waals surface area contributed by atoms with Gasteiger partial charge in [-0.3, -0.25) is 0 Å². The van der Waals surface area contributed by atoms with E-state index < -0.39 is 18.0 Å². The molecule has 6 aromatic rings. The average molecular weight is 721 g/mol. The van der Waals surface area contributed by atoms with Gasteiger partial charge in [0.2, 0.25) is 0 Å². The zero-order chi connectivity index (χ0) is 38.4. The van der Waals surface area contributed by atoms with Crippen LogP contribution in [0.1, 0.15) is 18.1 Å². The molecule has 0 amide bonds. The molecule has 0 saturated heterocycles. The number of ether oxygens (including phenoxy) is 2. The lowest BCUT2D eigenvalue weighted by Crippen LogP contribution is -2.23. The summed E-state index contributed by atoms with van der Waals surface area (Å²) in [5.41, 5.74) is 6.54. The number of esters is 2. The molecule has 0 radical (unpaired) electrons. The number of para-hydroxylation sites is 4. The van der Waals surface area contributed by atoms with Gasteiger partial charge in [0.25, 0.3) is 0 Å². The molecule has 6 rings (SSSR count). The number of carbonyl (C=O) groups is 2. The predicted octanol–water partition coefficient (Wildman–Crippen LogP) is 10.6. The first kappa shape index (κ1) is 37.1. The van der Waals surface area contributed by atoms with E-state index in [1.165, 1.54) is 19.1 Å². The van der Waals surface area contributed by atoms with Gasteiger partial charge in [-0.25, -0.2) is 9.59 Å². The monoisotopic (exact) mass is 720 g/mol. The molecule has 55 heavy (non-hydrogen) atoms. The fourth-order valence-corrected chi connectivity index (χ4v) is 5.80. The Hall–Kier alpha value is -7.68. The van der Waals surface area contributed by atoms with E-state index in [0.717, 1.165) is 34.1 Å². The van der Waals surface area contributed by atoms with Gasteiger partial charge in [-0.2, -0.15) is 10.5 Å². The molecule has 0 spiro atoms. The number of nitrogens with zero attached hydrogens (tertiary/aromatic N) is 4. The topological polar surface area (TPSA) is 107 Å². The van der Waals surface area contributed by atoms with Crippen molar-refractivity contribution in [2.75, 3.05) is 16.4 Å². The summed E-state index contributed by atoms with van der Waals surface area (Å²) in [6.45, 7) is 1.23. The smallest absolute Gasteiger partial charge is 0.349 e. The molecule has 8 heteroatoms. The summed E-state index contributed by atoms with van der Waals surface area (Å²) >= 11 is 0. The van der Waals surface area contributed by atoms with E-state index in [1.807, 2.05) is 182 Å². The van der Waals surface area contributed by atoms with Gasteiger partial charge in [-0.1, -0.05) is 97.1 Å². The molecule has 0 aromatic heterocycles. The Labute approximate surface area is 320 Å². The number of hydrogen-bond acceptors (Lipinski definition) is 8. The maximum atomic E-state index is 12.9. The molecule has 1 atom stereocenters. The van der Waals surface area contributed by atoms with Gasteiger partial charge in [-0.15, -0.1) is 0 Å². The molecule has 0 heterocycles. The third kappa shape index (κ3) is 9.61.